The van der Waals surface area contributed by atoms with Crippen molar-refractivity contribution in [2.24, 2.45) is 0 Å². The van der Waals surface area contributed by atoms with Gasteiger partial charge in [0.1, 0.15) is 22.0 Å². The van der Waals surface area contributed by atoms with E-state index in [1.54, 1.807) is 17.4 Å². The average Bonchev–Trinajstić information content (AvgIpc) is 3.00. The third-order valence-electron chi connectivity index (χ3n) is 4.41. The molecule has 4 rings (SSSR count). The maximum absolute atomic E-state index is 11.2. The van der Waals surface area contributed by atoms with E-state index in [1.165, 1.54) is 24.0 Å². The number of hydrogen-bond donors (Lipinski definition) is 1. The highest BCUT2D eigenvalue weighted by atomic mass is 35.5. The minimum absolute atomic E-state index is 0.0927. The number of anilines is 2. The van der Waals surface area contributed by atoms with Gasteiger partial charge in [-0.15, -0.1) is 11.3 Å². The fraction of sp³-hybridized carbons (Fsp3) is 0.100. The van der Waals surface area contributed by atoms with Crippen LogP contribution in [-0.4, -0.2) is 14.9 Å². The molecule has 0 saturated heterocycles. The fourth-order valence-electron chi connectivity index (χ4n) is 3.07. The molecule has 0 radical (unpaired) electrons. The number of nitro groups is 1. The monoisotopic (exact) mass is 410 g/mol. The Hall–Kier alpha value is -3.03. The van der Waals surface area contributed by atoms with Gasteiger partial charge in [0.25, 0.3) is 5.69 Å². The van der Waals surface area contributed by atoms with Gasteiger partial charge in [0.2, 0.25) is 0 Å². The second-order valence-corrected chi connectivity index (χ2v) is 7.96. The summed E-state index contributed by atoms with van der Waals surface area (Å²) in [5, 5.41) is 15.4. The van der Waals surface area contributed by atoms with Crippen molar-refractivity contribution in [3.63, 3.8) is 0 Å². The first-order valence-corrected chi connectivity index (χ1v) is 9.65. The van der Waals surface area contributed by atoms with E-state index in [0.717, 1.165) is 26.2 Å². The van der Waals surface area contributed by atoms with E-state index in [9.17, 15) is 10.1 Å². The first-order valence-electron chi connectivity index (χ1n) is 8.46. The number of fused-ring (bicyclic) bond motifs is 1. The first-order chi connectivity index (χ1) is 13.4. The standard InChI is InChI=1S/C20H15ClN4O2S/c1-11-3-5-13(6-4-11)17-12(2)28-20-18(17)19(22-10-23-20)24-14-7-8-15(21)16(9-14)25(26)27/h3-10H,1-2H3,(H,22,23,24). The summed E-state index contributed by atoms with van der Waals surface area (Å²) in [6.07, 6.45) is 1.49. The molecule has 0 aliphatic carbocycles. The first kappa shape index (κ1) is 18.3. The number of rotatable bonds is 4. The molecule has 28 heavy (non-hydrogen) atoms. The van der Waals surface area contributed by atoms with Crippen LogP contribution in [0.15, 0.2) is 48.8 Å². The molecule has 2 aromatic heterocycles. The van der Waals surface area contributed by atoms with E-state index in [1.807, 2.05) is 6.92 Å². The maximum Gasteiger partial charge on any atom is 0.289 e. The molecule has 0 spiro atoms. The Bertz CT molecular complexity index is 1210. The highest BCUT2D eigenvalue weighted by Gasteiger charge is 2.18. The Labute approximate surface area is 170 Å². The van der Waals surface area contributed by atoms with Gasteiger partial charge in [-0.3, -0.25) is 10.1 Å². The molecular weight excluding hydrogens is 396 g/mol. The quantitative estimate of drug-likeness (QED) is 0.316. The molecule has 0 atom stereocenters. The Balaban J connectivity index is 1.85. The molecule has 0 unspecified atom stereocenters. The van der Waals surface area contributed by atoms with Crippen LogP contribution in [0.5, 0.6) is 0 Å². The lowest BCUT2D eigenvalue weighted by Gasteiger charge is -2.09. The minimum atomic E-state index is -0.504. The van der Waals surface area contributed by atoms with E-state index in [4.69, 9.17) is 11.6 Å². The maximum atomic E-state index is 11.2. The number of nitrogens with one attached hydrogen (secondary N) is 1. The van der Waals surface area contributed by atoms with Crippen molar-refractivity contribution in [3.05, 3.63) is 74.4 Å². The summed E-state index contributed by atoms with van der Waals surface area (Å²) in [7, 11) is 0. The smallest absolute Gasteiger partial charge is 0.289 e. The molecule has 0 fully saturated rings. The number of thiophene rings is 1. The minimum Gasteiger partial charge on any atom is -0.339 e. The van der Waals surface area contributed by atoms with Crippen LogP contribution in [0.3, 0.4) is 0 Å². The molecule has 0 aliphatic rings. The number of hydrogen-bond acceptors (Lipinski definition) is 6. The zero-order chi connectivity index (χ0) is 19.8. The molecule has 8 heteroatoms. The summed E-state index contributed by atoms with van der Waals surface area (Å²) in [5.41, 5.74) is 3.71. The van der Waals surface area contributed by atoms with Crippen molar-refractivity contribution in [2.45, 2.75) is 13.8 Å². The zero-order valence-electron chi connectivity index (χ0n) is 15.1. The van der Waals surface area contributed by atoms with Crippen LogP contribution < -0.4 is 5.32 Å². The number of nitro benzene ring substituents is 1. The van der Waals surface area contributed by atoms with Crippen LogP contribution in [0.4, 0.5) is 17.2 Å². The van der Waals surface area contributed by atoms with Crippen molar-refractivity contribution >= 4 is 50.3 Å². The highest BCUT2D eigenvalue weighted by molar-refractivity contribution is 7.19. The van der Waals surface area contributed by atoms with Crippen LogP contribution in [0.2, 0.25) is 5.02 Å². The molecule has 0 aliphatic heterocycles. The van der Waals surface area contributed by atoms with Gasteiger partial charge < -0.3 is 5.32 Å². The molecule has 140 valence electrons. The normalized spacial score (nSPS) is 11.0. The Morgan fingerprint density at radius 2 is 1.86 bits per heavy atom. The lowest BCUT2D eigenvalue weighted by molar-refractivity contribution is -0.384. The Morgan fingerprint density at radius 3 is 2.57 bits per heavy atom. The van der Waals surface area contributed by atoms with E-state index in [2.05, 4.69) is 46.5 Å². The molecular formula is C20H15ClN4O2S. The van der Waals surface area contributed by atoms with Crippen LogP contribution >= 0.6 is 22.9 Å². The average molecular weight is 411 g/mol. The van der Waals surface area contributed by atoms with E-state index < -0.39 is 4.92 Å². The van der Waals surface area contributed by atoms with Gasteiger partial charge in [0.05, 0.1) is 10.3 Å². The van der Waals surface area contributed by atoms with Crippen molar-refractivity contribution in [2.75, 3.05) is 5.32 Å². The summed E-state index contributed by atoms with van der Waals surface area (Å²) in [4.78, 5) is 21.5. The van der Waals surface area contributed by atoms with Crippen molar-refractivity contribution < 1.29 is 4.92 Å². The van der Waals surface area contributed by atoms with E-state index in [-0.39, 0.29) is 10.7 Å². The van der Waals surface area contributed by atoms with Crippen molar-refractivity contribution in [3.8, 4) is 11.1 Å². The molecule has 0 bridgehead atoms. The number of aryl methyl sites for hydroxylation is 2. The second-order valence-electron chi connectivity index (χ2n) is 6.35. The third-order valence-corrected chi connectivity index (χ3v) is 5.74. The lowest BCUT2D eigenvalue weighted by atomic mass is 10.0. The highest BCUT2D eigenvalue weighted by Crippen LogP contribution is 2.41. The summed E-state index contributed by atoms with van der Waals surface area (Å²) >= 11 is 7.51. The van der Waals surface area contributed by atoms with Crippen LogP contribution in [0, 0.1) is 24.0 Å². The molecule has 0 saturated carbocycles. The summed E-state index contributed by atoms with van der Waals surface area (Å²) in [5.74, 6) is 0.599. The summed E-state index contributed by atoms with van der Waals surface area (Å²) in [6, 6.07) is 12.9. The van der Waals surface area contributed by atoms with Gasteiger partial charge in [0, 0.05) is 22.2 Å². The third kappa shape index (κ3) is 3.30. The summed E-state index contributed by atoms with van der Waals surface area (Å²) < 4.78 is 0. The van der Waals surface area contributed by atoms with Crippen LogP contribution in [0.25, 0.3) is 21.3 Å². The second kappa shape index (κ2) is 7.18. The molecule has 2 heterocycles. The zero-order valence-corrected chi connectivity index (χ0v) is 16.6. The van der Waals surface area contributed by atoms with Gasteiger partial charge in [-0.2, -0.15) is 0 Å². The Morgan fingerprint density at radius 1 is 1.11 bits per heavy atom. The fourth-order valence-corrected chi connectivity index (χ4v) is 4.27. The van der Waals surface area contributed by atoms with Crippen LogP contribution in [0.1, 0.15) is 10.4 Å². The summed E-state index contributed by atoms with van der Waals surface area (Å²) in [6.45, 7) is 4.10. The number of halogens is 1. The SMILES string of the molecule is Cc1ccc(-c2c(C)sc3ncnc(Nc4ccc(Cl)c([N+](=O)[O-])c4)c23)cc1. The predicted molar refractivity (Wildman–Crippen MR) is 114 cm³/mol. The van der Waals surface area contributed by atoms with Gasteiger partial charge in [-0.25, -0.2) is 9.97 Å². The van der Waals surface area contributed by atoms with Crippen molar-refractivity contribution in [1.82, 2.24) is 9.97 Å². The number of benzene rings is 2. The molecule has 4 aromatic rings. The lowest BCUT2D eigenvalue weighted by Crippen LogP contribution is -1.97. The van der Waals surface area contributed by atoms with E-state index >= 15 is 0 Å². The number of nitrogens with zero attached hydrogens (tertiary/aromatic N) is 3. The molecule has 2 aromatic carbocycles. The largest absolute Gasteiger partial charge is 0.339 e. The van der Waals surface area contributed by atoms with Crippen LogP contribution in [-0.2, 0) is 0 Å². The molecule has 0 amide bonds. The van der Waals surface area contributed by atoms with Gasteiger partial charge >= 0.3 is 0 Å². The van der Waals surface area contributed by atoms with Crippen molar-refractivity contribution in [1.29, 1.82) is 0 Å². The van der Waals surface area contributed by atoms with Gasteiger partial charge in [-0.1, -0.05) is 41.4 Å². The predicted octanol–water partition coefficient (Wildman–Crippen LogP) is 6.28. The topological polar surface area (TPSA) is 81.0 Å². The molecule has 6 nitrogen and oxygen atoms in total. The molecule has 1 N–H and O–H groups in total. The van der Waals surface area contributed by atoms with Gasteiger partial charge in [0.15, 0.2) is 0 Å². The van der Waals surface area contributed by atoms with E-state index in [0.29, 0.717) is 11.5 Å². The Kier molecular flexibility index (Phi) is 4.70. The van der Waals surface area contributed by atoms with Gasteiger partial charge in [-0.05, 0) is 31.5 Å². The number of aromatic nitrogens is 2.